The fourth-order valence-electron chi connectivity index (χ4n) is 0.544. The summed E-state index contributed by atoms with van der Waals surface area (Å²) >= 11 is 0. The molecule has 0 aliphatic rings. The minimum Gasteiger partial charge on any atom is -1.00 e. The van der Waals surface area contributed by atoms with Crippen LogP contribution in [0, 0.1) is 29.1 Å². The molecule has 27 heavy (non-hydrogen) atoms. The average Bonchev–Trinajstić information content (AvgIpc) is 2.27. The molecule has 0 spiro atoms. The van der Waals surface area contributed by atoms with E-state index in [1.54, 1.807) is 0 Å². The van der Waals surface area contributed by atoms with E-state index in [9.17, 15) is 73.7 Å². The Morgan fingerprint density at radius 2 is 0.593 bits per heavy atom. The molecule has 0 nitrogen and oxygen atoms in total. The first-order valence-electron chi connectivity index (χ1n) is 5.14. The summed E-state index contributed by atoms with van der Waals surface area (Å²) in [6.07, 6.45) is 0. The molecule has 0 amide bonds. The van der Waals surface area contributed by atoms with Gasteiger partial charge in [-0.1, -0.05) is 0 Å². The number of halogens is 17. The second kappa shape index (κ2) is 13.1. The van der Waals surface area contributed by atoms with Crippen molar-refractivity contribution in [2.45, 2.75) is 0 Å². The Bertz CT molecular complexity index is 469. The van der Waals surface area contributed by atoms with Crippen molar-refractivity contribution in [3.63, 3.8) is 0 Å². The van der Waals surface area contributed by atoms with Crippen molar-refractivity contribution in [1.29, 1.82) is 0 Å². The molecule has 0 aromatic heterocycles. The van der Waals surface area contributed by atoms with Gasteiger partial charge in [-0.2, -0.15) is 0 Å². The second-order valence-corrected chi connectivity index (χ2v) is 3.27. The van der Waals surface area contributed by atoms with Gasteiger partial charge in [0.05, 0.1) is 0 Å². The van der Waals surface area contributed by atoms with Crippen LogP contribution in [0.15, 0.2) is 6.07 Å². The molecule has 158 valence electrons. The maximum Gasteiger partial charge on any atom is 1.00 e. The van der Waals surface area contributed by atoms with Crippen LogP contribution in [0.1, 0.15) is 1.43 Å². The summed E-state index contributed by atoms with van der Waals surface area (Å²) in [5.41, 5.74) is 0. The summed E-state index contributed by atoms with van der Waals surface area (Å²) in [6.45, 7) is 0. The fourth-order valence-corrected chi connectivity index (χ4v) is 0.544. The van der Waals surface area contributed by atoms with Crippen molar-refractivity contribution in [1.82, 2.24) is 0 Å². The first-order valence-corrected chi connectivity index (χ1v) is 5.14. The quantitative estimate of drug-likeness (QED) is 0.253. The van der Waals surface area contributed by atoms with E-state index in [4.69, 9.17) is 0 Å². The van der Waals surface area contributed by atoms with Gasteiger partial charge in [-0.3, -0.25) is 0 Å². The second-order valence-electron chi connectivity index (χ2n) is 3.27. The van der Waals surface area contributed by atoms with Crippen LogP contribution in [0.25, 0.3) is 0 Å². The minimum atomic E-state index is -6.00. The van der Waals surface area contributed by atoms with Crippen LogP contribution >= 0.6 is 0 Å². The van der Waals surface area contributed by atoms with Crippen molar-refractivity contribution in [3.05, 3.63) is 35.2 Å². The predicted octanol–water partition coefficient (Wildman–Crippen LogP) is 3.40. The first-order chi connectivity index (χ1) is 11.0. The van der Waals surface area contributed by atoms with Gasteiger partial charge >= 0.3 is 40.6 Å². The molecular weight excluding hydrogens is 434 g/mol. The zero-order chi connectivity index (χ0) is 22.1. The van der Waals surface area contributed by atoms with Crippen molar-refractivity contribution in [2.24, 2.45) is 0 Å². The van der Waals surface area contributed by atoms with E-state index in [0.717, 1.165) is 0 Å². The molecule has 1 rings (SSSR count). The van der Waals surface area contributed by atoms with Gasteiger partial charge in [0.2, 0.25) is 5.82 Å². The Balaban J connectivity index is -0.0000000896. The van der Waals surface area contributed by atoms with Crippen molar-refractivity contribution in [3.8, 4) is 0 Å². The molecule has 21 heteroatoms. The molecule has 1 aromatic rings. The van der Waals surface area contributed by atoms with Crippen LogP contribution in [-0.2, 0) is 0 Å². The van der Waals surface area contributed by atoms with Gasteiger partial charge in [0.15, 0.2) is 23.3 Å². The van der Waals surface area contributed by atoms with Gasteiger partial charge in [-0.05, 0) is 0 Å². The van der Waals surface area contributed by atoms with Crippen molar-refractivity contribution in [2.75, 3.05) is 0 Å². The van der Waals surface area contributed by atoms with Gasteiger partial charge in [0, 0.05) is 6.07 Å². The Hall–Kier alpha value is -1.18. The summed E-state index contributed by atoms with van der Waals surface area (Å²) in [6, 6.07) is -0.0618. The molecule has 0 saturated heterocycles. The summed E-state index contributed by atoms with van der Waals surface area (Å²) in [4.78, 5) is 0. The summed E-state index contributed by atoms with van der Waals surface area (Å²) in [5, 5.41) is 0. The number of hydrogen-bond acceptors (Lipinski definition) is 0. The van der Waals surface area contributed by atoms with Gasteiger partial charge < -0.3 is 53.2 Å². The maximum absolute atomic E-state index is 12.0. The van der Waals surface area contributed by atoms with Crippen LogP contribution in [-0.4, -0.2) is 21.8 Å². The molecule has 0 atom stereocenters. The van der Waals surface area contributed by atoms with E-state index in [-0.39, 0.29) is 26.4 Å². The molecule has 1 aromatic carbocycles. The summed E-state index contributed by atoms with van der Waals surface area (Å²) < 4.78 is 177. The molecule has 0 unspecified atom stereocenters. The molecule has 0 N–H and O–H groups in total. The number of rotatable bonds is 0. The zero-order valence-corrected chi connectivity index (χ0v) is 12.2. The SMILES string of the molecule is F[B-](F)(F)F.F[B-](F)(F)F.F[B-](F)(F)F.Fc1cc(F)c(F)c(F)c1F.[H-].[Li+]. The van der Waals surface area contributed by atoms with Crippen LogP contribution < -0.4 is 18.9 Å². The van der Waals surface area contributed by atoms with E-state index < -0.39 is 50.8 Å². The average molecular weight is 436 g/mol. The Morgan fingerprint density at radius 1 is 0.444 bits per heavy atom. The van der Waals surface area contributed by atoms with E-state index in [0.29, 0.717) is 0 Å². The van der Waals surface area contributed by atoms with Crippen LogP contribution in [0.5, 0.6) is 0 Å². The van der Waals surface area contributed by atoms with E-state index >= 15 is 0 Å². The largest absolute Gasteiger partial charge is 1.00 e. The Morgan fingerprint density at radius 3 is 0.741 bits per heavy atom. The van der Waals surface area contributed by atoms with Crippen molar-refractivity contribution >= 4 is 21.8 Å². The standard InChI is InChI=1S/C6HF5.3BF4.Li.H/c7-2-1-3(8)5(10)6(11)4(2)9;3*2-1(3,4)5;;/h1H;;;;;/q;3*-1;+1;-1. The maximum atomic E-state index is 12.0. The number of benzene rings is 1. The molecule has 0 aliphatic carbocycles. The molecule has 0 bridgehead atoms. The summed E-state index contributed by atoms with van der Waals surface area (Å²) in [7, 11) is -18.0. The van der Waals surface area contributed by atoms with E-state index in [2.05, 4.69) is 0 Å². The summed E-state index contributed by atoms with van der Waals surface area (Å²) in [5.74, 6) is -9.65. The van der Waals surface area contributed by atoms with E-state index in [1.807, 2.05) is 0 Å². The Labute approximate surface area is 152 Å². The zero-order valence-electron chi connectivity index (χ0n) is 13.2. The third-order valence-corrected chi connectivity index (χ3v) is 1.06. The van der Waals surface area contributed by atoms with Crippen molar-refractivity contribution < 1.29 is 94.0 Å². The predicted molar refractivity (Wildman–Crippen MR) is 57.9 cm³/mol. The third-order valence-electron chi connectivity index (χ3n) is 1.06. The Kier molecular flexibility index (Phi) is 16.2. The molecule has 0 radical (unpaired) electrons. The topological polar surface area (TPSA) is 0 Å². The molecule has 0 heterocycles. The third kappa shape index (κ3) is 36.5. The van der Waals surface area contributed by atoms with Crippen LogP contribution in [0.3, 0.4) is 0 Å². The smallest absolute Gasteiger partial charge is 1.00 e. The molecular formula is C6H2B3F17Li-3. The fraction of sp³-hybridized carbons (Fsp3) is 0. The van der Waals surface area contributed by atoms with Crippen LogP contribution in [0.2, 0.25) is 0 Å². The minimum absolute atomic E-state index is 0. The number of hydrogen-bond donors (Lipinski definition) is 0. The normalized spacial score (nSPS) is 10.9. The molecule has 0 saturated carbocycles. The van der Waals surface area contributed by atoms with Gasteiger partial charge in [-0.15, -0.1) is 0 Å². The molecule has 0 aliphatic heterocycles. The van der Waals surface area contributed by atoms with Crippen LogP contribution in [0.4, 0.5) is 73.7 Å². The monoisotopic (exact) mass is 437 g/mol. The first kappa shape index (κ1) is 33.4. The molecule has 0 fully saturated rings. The van der Waals surface area contributed by atoms with Gasteiger partial charge in [-0.25, -0.2) is 22.0 Å². The van der Waals surface area contributed by atoms with Gasteiger partial charge in [0.1, 0.15) is 0 Å². The van der Waals surface area contributed by atoms with Gasteiger partial charge in [0.25, 0.3) is 0 Å². The van der Waals surface area contributed by atoms with E-state index in [1.165, 1.54) is 0 Å².